The van der Waals surface area contributed by atoms with Crippen LogP contribution in [-0.2, 0) is 24.7 Å². The van der Waals surface area contributed by atoms with E-state index in [1.165, 1.54) is 31.2 Å². The molecule has 0 radical (unpaired) electrons. The van der Waals surface area contributed by atoms with Crippen molar-refractivity contribution in [2.24, 2.45) is 0 Å². The molecule has 0 saturated carbocycles. The van der Waals surface area contributed by atoms with Gasteiger partial charge in [-0.15, -0.1) is 11.3 Å². The lowest BCUT2D eigenvalue weighted by Crippen LogP contribution is -2.17. The summed E-state index contributed by atoms with van der Waals surface area (Å²) in [6, 6.07) is 9.24. The van der Waals surface area contributed by atoms with Gasteiger partial charge in [0.2, 0.25) is 20.1 Å². The molecule has 28 heavy (non-hydrogen) atoms. The Labute approximate surface area is 166 Å². The molecule has 148 valence electrons. The van der Waals surface area contributed by atoms with Crippen LogP contribution in [0.25, 0.3) is 10.2 Å². The lowest BCUT2D eigenvalue weighted by Gasteiger charge is -2.13. The normalized spacial score (nSPS) is 12.1. The van der Waals surface area contributed by atoms with Crippen LogP contribution < -0.4 is 10.0 Å². The summed E-state index contributed by atoms with van der Waals surface area (Å²) in [5.41, 5.74) is 1.60. The van der Waals surface area contributed by atoms with Crippen LogP contribution in [0, 0.1) is 6.92 Å². The molecule has 11 heteroatoms. The maximum Gasteiger partial charge on any atom is 0.263 e. The number of rotatable bonds is 5. The molecular formula is C17H17N3O5S3. The molecule has 0 atom stereocenters. The van der Waals surface area contributed by atoms with E-state index < -0.39 is 19.9 Å². The van der Waals surface area contributed by atoms with E-state index >= 15 is 0 Å². The molecule has 0 spiro atoms. The van der Waals surface area contributed by atoms with Crippen molar-refractivity contribution in [3.63, 3.8) is 0 Å². The second kappa shape index (κ2) is 7.15. The topological polar surface area (TPSA) is 122 Å². The zero-order valence-electron chi connectivity index (χ0n) is 15.2. The summed E-state index contributed by atoms with van der Waals surface area (Å²) in [7, 11) is -7.45. The quantitative estimate of drug-likeness (QED) is 0.630. The fourth-order valence-corrected chi connectivity index (χ4v) is 5.65. The standard InChI is InChI=1S/C17H17N3O5S3/c1-10-4-6-14(18-11(2)21)16(8-10)28(24,25)20-12-5-7-13-15(9-12)26-17(19-13)27(3,22)23/h4-9,20H,1-3H3,(H,18,21). The molecule has 1 heterocycles. The van der Waals surface area contributed by atoms with Gasteiger partial charge in [-0.2, -0.15) is 0 Å². The van der Waals surface area contributed by atoms with Gasteiger partial charge < -0.3 is 5.32 Å². The smallest absolute Gasteiger partial charge is 0.263 e. The van der Waals surface area contributed by atoms with Gasteiger partial charge in [0.05, 0.1) is 21.6 Å². The lowest BCUT2D eigenvalue weighted by atomic mass is 10.2. The zero-order chi connectivity index (χ0) is 20.7. The number of fused-ring (bicyclic) bond motifs is 1. The average molecular weight is 440 g/mol. The number of sulfonamides is 1. The fraction of sp³-hybridized carbons (Fsp3) is 0.176. The number of nitrogens with zero attached hydrogens (tertiary/aromatic N) is 1. The average Bonchev–Trinajstić information content (AvgIpc) is 2.99. The van der Waals surface area contributed by atoms with Crippen molar-refractivity contribution in [2.75, 3.05) is 16.3 Å². The summed E-state index contributed by atoms with van der Waals surface area (Å²) in [6.07, 6.45) is 1.07. The van der Waals surface area contributed by atoms with E-state index in [0.29, 0.717) is 15.8 Å². The van der Waals surface area contributed by atoms with Crippen molar-refractivity contribution < 1.29 is 21.6 Å². The Morgan fingerprint density at radius 3 is 2.43 bits per heavy atom. The van der Waals surface area contributed by atoms with Gasteiger partial charge in [0.25, 0.3) is 10.0 Å². The van der Waals surface area contributed by atoms with Crippen molar-refractivity contribution in [1.82, 2.24) is 4.98 Å². The van der Waals surface area contributed by atoms with Gasteiger partial charge in [0.1, 0.15) is 4.90 Å². The van der Waals surface area contributed by atoms with E-state index in [1.807, 2.05) is 0 Å². The number of thiazole rings is 1. The Morgan fingerprint density at radius 1 is 1.07 bits per heavy atom. The van der Waals surface area contributed by atoms with Crippen molar-refractivity contribution in [3.8, 4) is 0 Å². The van der Waals surface area contributed by atoms with Gasteiger partial charge in [0, 0.05) is 13.2 Å². The predicted octanol–water partition coefficient (Wildman–Crippen LogP) is 2.77. The molecule has 2 N–H and O–H groups in total. The third kappa shape index (κ3) is 4.32. The number of hydrogen-bond donors (Lipinski definition) is 2. The molecule has 8 nitrogen and oxygen atoms in total. The van der Waals surface area contributed by atoms with E-state index in [-0.39, 0.29) is 26.5 Å². The van der Waals surface area contributed by atoms with Gasteiger partial charge in [-0.1, -0.05) is 6.07 Å². The van der Waals surface area contributed by atoms with Crippen molar-refractivity contribution >= 4 is 58.7 Å². The largest absolute Gasteiger partial charge is 0.325 e. The van der Waals surface area contributed by atoms with Gasteiger partial charge in [0.15, 0.2) is 0 Å². The number of sulfone groups is 1. The van der Waals surface area contributed by atoms with Gasteiger partial charge in [-0.3, -0.25) is 9.52 Å². The summed E-state index contributed by atoms with van der Waals surface area (Å²) >= 11 is 0.963. The van der Waals surface area contributed by atoms with E-state index in [9.17, 15) is 21.6 Å². The molecular weight excluding hydrogens is 422 g/mol. The molecule has 1 aromatic heterocycles. The molecule has 0 bridgehead atoms. The Kier molecular flexibility index (Phi) is 5.17. The summed E-state index contributed by atoms with van der Waals surface area (Å²) < 4.78 is 52.1. The molecule has 0 aliphatic rings. The van der Waals surface area contributed by atoms with Crippen LogP contribution in [0.4, 0.5) is 11.4 Å². The highest BCUT2D eigenvalue weighted by molar-refractivity contribution is 7.93. The number of aromatic nitrogens is 1. The Morgan fingerprint density at radius 2 is 1.79 bits per heavy atom. The maximum absolute atomic E-state index is 12.9. The predicted molar refractivity (Wildman–Crippen MR) is 109 cm³/mol. The van der Waals surface area contributed by atoms with Crippen LogP contribution in [0.2, 0.25) is 0 Å². The SMILES string of the molecule is CC(=O)Nc1ccc(C)cc1S(=O)(=O)Nc1ccc2nc(S(C)(=O)=O)sc2c1. The van der Waals surface area contributed by atoms with Crippen LogP contribution in [0.5, 0.6) is 0 Å². The van der Waals surface area contributed by atoms with Gasteiger partial charge in [-0.25, -0.2) is 21.8 Å². The zero-order valence-corrected chi connectivity index (χ0v) is 17.6. The number of benzene rings is 2. The van der Waals surface area contributed by atoms with Crippen LogP contribution in [0.15, 0.2) is 45.6 Å². The Balaban J connectivity index is 2.01. The maximum atomic E-state index is 12.9. The number of amides is 1. The first-order chi connectivity index (χ1) is 13.0. The monoisotopic (exact) mass is 439 g/mol. The molecule has 0 unspecified atom stereocenters. The van der Waals surface area contributed by atoms with Crippen LogP contribution >= 0.6 is 11.3 Å². The van der Waals surface area contributed by atoms with E-state index in [0.717, 1.165) is 17.6 Å². The number of nitrogens with one attached hydrogen (secondary N) is 2. The number of aryl methyl sites for hydroxylation is 1. The molecule has 0 aliphatic carbocycles. The molecule has 2 aromatic carbocycles. The molecule has 0 aliphatic heterocycles. The van der Waals surface area contributed by atoms with Crippen molar-refractivity contribution in [1.29, 1.82) is 0 Å². The highest BCUT2D eigenvalue weighted by atomic mass is 32.2. The molecule has 0 saturated heterocycles. The van der Waals surface area contributed by atoms with Gasteiger partial charge >= 0.3 is 0 Å². The molecule has 3 aromatic rings. The van der Waals surface area contributed by atoms with E-state index in [1.54, 1.807) is 19.1 Å². The van der Waals surface area contributed by atoms with Crippen molar-refractivity contribution in [3.05, 3.63) is 42.0 Å². The second-order valence-electron chi connectivity index (χ2n) is 6.22. The summed E-state index contributed by atoms with van der Waals surface area (Å²) in [4.78, 5) is 15.4. The molecule has 0 fully saturated rings. The van der Waals surface area contributed by atoms with Crippen molar-refractivity contribution in [2.45, 2.75) is 23.1 Å². The first-order valence-electron chi connectivity index (χ1n) is 7.97. The summed E-state index contributed by atoms with van der Waals surface area (Å²) in [5, 5.41) is 2.51. The van der Waals surface area contributed by atoms with Gasteiger partial charge in [-0.05, 0) is 42.8 Å². The number of anilines is 2. The molecule has 1 amide bonds. The minimum atomic E-state index is -4.00. The fourth-order valence-electron chi connectivity index (χ4n) is 2.48. The molecule has 3 rings (SSSR count). The summed E-state index contributed by atoms with van der Waals surface area (Å²) in [5.74, 6) is -0.389. The third-order valence-electron chi connectivity index (χ3n) is 3.68. The number of carbonyl (C=O) groups is 1. The number of hydrogen-bond acceptors (Lipinski definition) is 7. The highest BCUT2D eigenvalue weighted by Crippen LogP contribution is 2.30. The second-order valence-corrected chi connectivity index (χ2v) is 11.1. The number of carbonyl (C=O) groups excluding carboxylic acids is 1. The first-order valence-corrected chi connectivity index (χ1v) is 12.2. The van der Waals surface area contributed by atoms with E-state index in [2.05, 4.69) is 15.0 Å². The van der Waals surface area contributed by atoms with Crippen LogP contribution in [0.1, 0.15) is 12.5 Å². The van der Waals surface area contributed by atoms with Crippen LogP contribution in [-0.4, -0.2) is 34.0 Å². The Hall–Kier alpha value is -2.50. The minimum absolute atomic E-state index is 0.0332. The lowest BCUT2D eigenvalue weighted by molar-refractivity contribution is -0.114. The highest BCUT2D eigenvalue weighted by Gasteiger charge is 2.21. The van der Waals surface area contributed by atoms with Crippen LogP contribution in [0.3, 0.4) is 0 Å². The summed E-state index contributed by atoms with van der Waals surface area (Å²) in [6.45, 7) is 3.04. The third-order valence-corrected chi connectivity index (χ3v) is 7.79. The Bertz CT molecular complexity index is 1290. The minimum Gasteiger partial charge on any atom is -0.325 e. The van der Waals surface area contributed by atoms with E-state index in [4.69, 9.17) is 0 Å². The first kappa shape index (κ1) is 20.2.